The van der Waals surface area contributed by atoms with E-state index in [2.05, 4.69) is 68.5 Å². The minimum Gasteiger partial charge on any atom is -0.458 e. The van der Waals surface area contributed by atoms with Gasteiger partial charge in [-0.3, -0.25) is 9.59 Å². The number of esters is 1. The van der Waals surface area contributed by atoms with E-state index in [1.54, 1.807) is 13.0 Å². The van der Waals surface area contributed by atoms with Crippen LogP contribution in [-0.4, -0.2) is 45.4 Å². The molecule has 0 radical (unpaired) electrons. The number of carbonyl (C=O) groups is 2. The largest absolute Gasteiger partial charge is 0.458 e. The van der Waals surface area contributed by atoms with Gasteiger partial charge in [-0.05, 0) is 63.8 Å². The SMILES string of the molecule is CC1=C[C@H]2[C@@]3(O)[C@H](C)C[C@]4(OC(=O)Cc5ccc(-c6ccccc6)cc5)[C@@H]([C@@H]3C=C(COC(c3ccccc3)(c3ccccc3)c3ccccc3)C[C@]2(O)C1=O)C4(C)C. The molecular weight excluding hydrogens is 733 g/mol. The van der Waals surface area contributed by atoms with Crippen LogP contribution in [0.4, 0.5) is 0 Å². The summed E-state index contributed by atoms with van der Waals surface area (Å²) in [6.45, 7) is 8.00. The highest BCUT2D eigenvalue weighted by Crippen LogP contribution is 2.76. The van der Waals surface area contributed by atoms with Crippen molar-refractivity contribution in [3.63, 3.8) is 0 Å². The Bertz CT molecular complexity index is 2330. The van der Waals surface area contributed by atoms with Gasteiger partial charge in [0.25, 0.3) is 0 Å². The maximum atomic E-state index is 14.1. The Morgan fingerprint density at radius 2 is 1.24 bits per heavy atom. The summed E-state index contributed by atoms with van der Waals surface area (Å²) in [6.07, 6.45) is 4.39. The average Bonchev–Trinajstić information content (AvgIpc) is 3.65. The van der Waals surface area contributed by atoms with Crippen molar-refractivity contribution in [1.82, 2.24) is 0 Å². The van der Waals surface area contributed by atoms with E-state index in [4.69, 9.17) is 9.47 Å². The van der Waals surface area contributed by atoms with Gasteiger partial charge in [-0.25, -0.2) is 0 Å². The van der Waals surface area contributed by atoms with Gasteiger partial charge in [-0.1, -0.05) is 179 Å². The van der Waals surface area contributed by atoms with Gasteiger partial charge in [0.05, 0.1) is 18.6 Å². The molecule has 5 aromatic carbocycles. The van der Waals surface area contributed by atoms with E-state index >= 15 is 0 Å². The first-order valence-electron chi connectivity index (χ1n) is 20.9. The third kappa shape index (κ3) is 6.10. The van der Waals surface area contributed by atoms with Gasteiger partial charge in [-0.2, -0.15) is 0 Å². The Kier molecular flexibility index (Phi) is 9.54. The smallest absolute Gasteiger partial charge is 0.310 e. The van der Waals surface area contributed by atoms with E-state index < -0.39 is 45.6 Å². The van der Waals surface area contributed by atoms with Crippen molar-refractivity contribution in [1.29, 1.82) is 0 Å². The van der Waals surface area contributed by atoms with Crippen molar-refractivity contribution >= 4 is 11.8 Å². The predicted octanol–water partition coefficient (Wildman–Crippen LogP) is 9.44. The molecule has 6 nitrogen and oxygen atoms in total. The number of rotatable bonds is 10. The molecular formula is C53H52O6. The number of hydrogen-bond acceptors (Lipinski definition) is 6. The van der Waals surface area contributed by atoms with Gasteiger partial charge in [0.2, 0.25) is 0 Å². The van der Waals surface area contributed by atoms with Gasteiger partial charge in [-0.15, -0.1) is 0 Å². The monoisotopic (exact) mass is 784 g/mol. The van der Waals surface area contributed by atoms with Gasteiger partial charge in [0, 0.05) is 29.6 Å². The van der Waals surface area contributed by atoms with Gasteiger partial charge >= 0.3 is 5.97 Å². The highest BCUT2D eigenvalue weighted by atomic mass is 16.6. The van der Waals surface area contributed by atoms with Crippen LogP contribution in [0.15, 0.2) is 169 Å². The number of Topliss-reactive ketones (excluding diaryl/α,β-unsaturated/α-hetero) is 1. The Morgan fingerprint density at radius 1 is 0.729 bits per heavy atom. The van der Waals surface area contributed by atoms with Crippen LogP contribution in [0.2, 0.25) is 0 Å². The zero-order valence-corrected chi connectivity index (χ0v) is 34.2. The summed E-state index contributed by atoms with van der Waals surface area (Å²) in [4.78, 5) is 28.0. The Morgan fingerprint density at radius 3 is 1.78 bits per heavy atom. The topological polar surface area (TPSA) is 93.1 Å². The van der Waals surface area contributed by atoms with E-state index in [9.17, 15) is 19.8 Å². The molecule has 59 heavy (non-hydrogen) atoms. The van der Waals surface area contributed by atoms with Crippen molar-refractivity contribution < 1.29 is 29.3 Å². The molecule has 0 bridgehead atoms. The fourth-order valence-electron chi connectivity index (χ4n) is 11.4. The summed E-state index contributed by atoms with van der Waals surface area (Å²) >= 11 is 0. The molecule has 0 heterocycles. The highest BCUT2D eigenvalue weighted by molar-refractivity contribution is 6.04. The maximum absolute atomic E-state index is 14.1. The first kappa shape index (κ1) is 39.1. The van der Waals surface area contributed by atoms with Crippen LogP contribution in [-0.2, 0) is 31.1 Å². The number of benzene rings is 5. The molecule has 5 aromatic rings. The minimum atomic E-state index is -1.87. The van der Waals surface area contributed by atoms with Crippen molar-refractivity contribution in [2.75, 3.05) is 6.61 Å². The second-order valence-electron chi connectivity index (χ2n) is 18.0. The molecule has 2 saturated carbocycles. The molecule has 2 fully saturated rings. The zero-order chi connectivity index (χ0) is 41.2. The zero-order valence-electron chi connectivity index (χ0n) is 34.2. The molecule has 300 valence electrons. The normalized spacial score (nSPS) is 29.2. The third-order valence-electron chi connectivity index (χ3n) is 14.4. The first-order chi connectivity index (χ1) is 28.3. The number of aliphatic hydroxyl groups is 2. The quantitative estimate of drug-likeness (QED) is 0.0833. The van der Waals surface area contributed by atoms with Crippen molar-refractivity contribution in [3.05, 3.63) is 191 Å². The standard InChI is InChI=1S/C53H52O6/c1-35-29-45-50(56,48(35)55)33-38(34-58-53(41-19-11-6-12-20-41,42-21-13-7-14-22-42)43-23-15-8-16-24-43)30-44-47-49(3,4)51(47,32-36(2)52(44,45)57)59-46(54)31-37-25-27-40(28-26-37)39-17-9-5-10-18-39/h5-30,36,44-45,47,56-57H,31-34H2,1-4H3/t36-,44+,45-,47+,50-,51+,52-/m1/s1. The molecule has 9 rings (SSSR count). The van der Waals surface area contributed by atoms with Gasteiger partial charge in [0.15, 0.2) is 5.78 Å². The Hall–Kier alpha value is -5.40. The molecule has 7 atom stereocenters. The molecule has 4 aliphatic carbocycles. The van der Waals surface area contributed by atoms with E-state index in [-0.39, 0.29) is 37.1 Å². The lowest BCUT2D eigenvalue weighted by Crippen LogP contribution is -2.61. The summed E-state index contributed by atoms with van der Waals surface area (Å²) in [7, 11) is 0. The van der Waals surface area contributed by atoms with E-state index in [1.807, 2.05) is 104 Å². The second-order valence-corrected chi connectivity index (χ2v) is 18.0. The predicted molar refractivity (Wildman–Crippen MR) is 229 cm³/mol. The fraction of sp³-hybridized carbons (Fsp3) is 0.321. The number of carbonyl (C=O) groups excluding carboxylic acids is 2. The molecule has 0 amide bonds. The number of fused-ring (bicyclic) bond motifs is 5. The molecule has 0 saturated heterocycles. The van der Waals surface area contributed by atoms with Crippen LogP contribution in [0.25, 0.3) is 11.1 Å². The number of hydrogen-bond donors (Lipinski definition) is 2. The first-order valence-corrected chi connectivity index (χ1v) is 20.9. The average molecular weight is 785 g/mol. The third-order valence-corrected chi connectivity index (χ3v) is 14.4. The number of ketones is 1. The summed E-state index contributed by atoms with van der Waals surface area (Å²) in [5.74, 6) is -2.79. The molecule has 0 aromatic heterocycles. The summed E-state index contributed by atoms with van der Waals surface area (Å²) in [5, 5.41) is 25.9. The van der Waals surface area contributed by atoms with Crippen LogP contribution >= 0.6 is 0 Å². The van der Waals surface area contributed by atoms with E-state index in [0.29, 0.717) is 12.0 Å². The van der Waals surface area contributed by atoms with Crippen LogP contribution in [0.1, 0.15) is 62.8 Å². The van der Waals surface area contributed by atoms with Crippen molar-refractivity contribution in [2.45, 2.75) is 69.4 Å². The Balaban J connectivity index is 1.08. The second kappa shape index (κ2) is 14.4. The summed E-state index contributed by atoms with van der Waals surface area (Å²) in [5.41, 5.74) is 1.26. The maximum Gasteiger partial charge on any atom is 0.310 e. The van der Waals surface area contributed by atoms with E-state index in [1.165, 1.54) is 0 Å². The lowest BCUT2D eigenvalue weighted by atomic mass is 9.60. The summed E-state index contributed by atoms with van der Waals surface area (Å²) in [6, 6.07) is 48.5. The van der Waals surface area contributed by atoms with Crippen LogP contribution in [0.3, 0.4) is 0 Å². The molecule has 0 aliphatic heterocycles. The molecule has 2 N–H and O–H groups in total. The van der Waals surface area contributed by atoms with Crippen LogP contribution in [0, 0.1) is 29.1 Å². The van der Waals surface area contributed by atoms with Gasteiger partial charge in [0.1, 0.15) is 16.8 Å². The Labute approximate surface area is 347 Å². The van der Waals surface area contributed by atoms with Crippen molar-refractivity contribution in [3.8, 4) is 11.1 Å². The minimum absolute atomic E-state index is 0.00321. The summed E-state index contributed by atoms with van der Waals surface area (Å²) < 4.78 is 13.9. The van der Waals surface area contributed by atoms with E-state index in [0.717, 1.165) is 39.0 Å². The van der Waals surface area contributed by atoms with Crippen molar-refractivity contribution in [2.24, 2.45) is 29.1 Å². The lowest BCUT2D eigenvalue weighted by Gasteiger charge is -2.50. The molecule has 4 aliphatic rings. The van der Waals surface area contributed by atoms with Gasteiger partial charge < -0.3 is 19.7 Å². The molecule has 6 heteroatoms. The molecule has 0 spiro atoms. The number of ether oxygens (including phenoxy) is 2. The highest BCUT2D eigenvalue weighted by Gasteiger charge is 2.83. The van der Waals surface area contributed by atoms with Crippen LogP contribution in [0.5, 0.6) is 0 Å². The molecule has 0 unspecified atom stereocenters. The van der Waals surface area contributed by atoms with Crippen LogP contribution < -0.4 is 0 Å². The lowest BCUT2D eigenvalue weighted by molar-refractivity contribution is -0.186. The fourth-order valence-corrected chi connectivity index (χ4v) is 11.4.